The number of benzene rings is 2. The SMILES string of the molecule is C1=CC[C]2C(=C1)c1cccc3cccc2c13. The molecule has 75 valence electrons. The fraction of sp³-hybridized carbons (Fsp3) is 0.0625. The Kier molecular flexibility index (Phi) is 1.49. The van der Waals surface area contributed by atoms with Crippen LogP contribution in [0.25, 0.3) is 16.3 Å². The van der Waals surface area contributed by atoms with Gasteiger partial charge in [0.2, 0.25) is 0 Å². The lowest BCUT2D eigenvalue weighted by atomic mass is 9.89. The van der Waals surface area contributed by atoms with Crippen molar-refractivity contribution in [2.45, 2.75) is 6.42 Å². The van der Waals surface area contributed by atoms with Crippen molar-refractivity contribution in [2.24, 2.45) is 0 Å². The molecule has 0 aromatic heterocycles. The first-order valence-corrected chi connectivity index (χ1v) is 5.71. The van der Waals surface area contributed by atoms with Gasteiger partial charge >= 0.3 is 0 Å². The number of fused-ring (bicyclic) bond motifs is 3. The molecule has 0 aliphatic heterocycles. The smallest absolute Gasteiger partial charge is 0.0390 e. The highest BCUT2D eigenvalue weighted by atomic mass is 14.3. The predicted molar refractivity (Wildman–Crippen MR) is 68.0 cm³/mol. The zero-order valence-corrected chi connectivity index (χ0v) is 8.90. The van der Waals surface area contributed by atoms with E-state index in [-0.39, 0.29) is 0 Å². The van der Waals surface area contributed by atoms with Crippen molar-refractivity contribution in [3.63, 3.8) is 0 Å². The minimum atomic E-state index is 1.07. The quantitative estimate of drug-likeness (QED) is 0.604. The Morgan fingerprint density at radius 1 is 0.875 bits per heavy atom. The molecule has 1 radical (unpaired) electrons. The van der Waals surface area contributed by atoms with Gasteiger partial charge in [-0.2, -0.15) is 0 Å². The molecule has 4 rings (SSSR count). The normalized spacial score (nSPS) is 17.6. The van der Waals surface area contributed by atoms with E-state index in [1.165, 1.54) is 33.4 Å². The van der Waals surface area contributed by atoms with E-state index >= 15 is 0 Å². The van der Waals surface area contributed by atoms with Crippen molar-refractivity contribution in [3.8, 4) is 0 Å². The summed E-state index contributed by atoms with van der Waals surface area (Å²) >= 11 is 0. The van der Waals surface area contributed by atoms with E-state index in [0.717, 1.165) is 6.42 Å². The minimum Gasteiger partial charge on any atom is -0.0833 e. The molecular formula is C16H11. The Morgan fingerprint density at radius 3 is 2.56 bits per heavy atom. The third-order valence-electron chi connectivity index (χ3n) is 3.57. The van der Waals surface area contributed by atoms with Crippen molar-refractivity contribution in [1.29, 1.82) is 0 Å². The predicted octanol–water partition coefficient (Wildman–Crippen LogP) is 4.12. The second-order valence-electron chi connectivity index (χ2n) is 4.40. The molecule has 0 fully saturated rings. The second kappa shape index (κ2) is 2.85. The highest BCUT2D eigenvalue weighted by molar-refractivity contribution is 6.08. The molecule has 0 nitrogen and oxygen atoms in total. The van der Waals surface area contributed by atoms with E-state index in [0.29, 0.717) is 0 Å². The van der Waals surface area contributed by atoms with Gasteiger partial charge in [-0.15, -0.1) is 0 Å². The van der Waals surface area contributed by atoms with Crippen molar-refractivity contribution in [1.82, 2.24) is 0 Å². The van der Waals surface area contributed by atoms with E-state index in [1.54, 1.807) is 0 Å². The third-order valence-corrected chi connectivity index (χ3v) is 3.57. The first kappa shape index (κ1) is 8.35. The molecule has 2 aromatic carbocycles. The average molecular weight is 203 g/mol. The fourth-order valence-electron chi connectivity index (χ4n) is 2.89. The topological polar surface area (TPSA) is 0 Å². The van der Waals surface area contributed by atoms with Crippen LogP contribution in [-0.4, -0.2) is 0 Å². The van der Waals surface area contributed by atoms with Gasteiger partial charge in [-0.25, -0.2) is 0 Å². The first-order valence-electron chi connectivity index (χ1n) is 5.71. The van der Waals surface area contributed by atoms with Crippen LogP contribution in [0, 0.1) is 5.92 Å². The highest BCUT2D eigenvalue weighted by Gasteiger charge is 2.29. The molecule has 0 saturated carbocycles. The molecule has 0 N–H and O–H groups in total. The van der Waals surface area contributed by atoms with Gasteiger partial charge in [-0.1, -0.05) is 54.6 Å². The molecule has 2 aromatic rings. The van der Waals surface area contributed by atoms with E-state index in [1.807, 2.05) is 0 Å². The molecule has 0 heterocycles. The summed E-state index contributed by atoms with van der Waals surface area (Å²) in [6, 6.07) is 13.2. The fourth-order valence-corrected chi connectivity index (χ4v) is 2.89. The molecule has 2 aliphatic rings. The van der Waals surface area contributed by atoms with Crippen LogP contribution in [0.1, 0.15) is 17.5 Å². The van der Waals surface area contributed by atoms with Gasteiger partial charge in [0.1, 0.15) is 0 Å². The third kappa shape index (κ3) is 0.898. The lowest BCUT2D eigenvalue weighted by Gasteiger charge is -2.13. The van der Waals surface area contributed by atoms with Gasteiger partial charge in [-0.05, 0) is 33.9 Å². The largest absolute Gasteiger partial charge is 0.0833 e. The van der Waals surface area contributed by atoms with Crippen LogP contribution < -0.4 is 0 Å². The monoisotopic (exact) mass is 203 g/mol. The van der Waals surface area contributed by atoms with Crippen molar-refractivity contribution in [3.05, 3.63) is 71.7 Å². The summed E-state index contributed by atoms with van der Waals surface area (Å²) in [5.74, 6) is 1.49. The Bertz CT molecular complexity index is 639. The lowest BCUT2D eigenvalue weighted by Crippen LogP contribution is -1.97. The first-order chi connectivity index (χ1) is 7.95. The van der Waals surface area contributed by atoms with Gasteiger partial charge in [0, 0.05) is 5.92 Å². The number of allylic oxidation sites excluding steroid dienone is 4. The molecule has 0 saturated heterocycles. The molecule has 0 unspecified atom stereocenters. The molecule has 0 amide bonds. The van der Waals surface area contributed by atoms with Crippen molar-refractivity contribution >= 4 is 16.3 Å². The number of rotatable bonds is 0. The van der Waals surface area contributed by atoms with Crippen LogP contribution in [0.4, 0.5) is 0 Å². The zero-order valence-electron chi connectivity index (χ0n) is 8.90. The Balaban J connectivity index is 2.18. The summed E-state index contributed by atoms with van der Waals surface area (Å²) in [6.07, 6.45) is 7.72. The summed E-state index contributed by atoms with van der Waals surface area (Å²) in [5, 5.41) is 2.80. The van der Waals surface area contributed by atoms with E-state index < -0.39 is 0 Å². The Morgan fingerprint density at radius 2 is 1.69 bits per heavy atom. The molecule has 16 heavy (non-hydrogen) atoms. The van der Waals surface area contributed by atoms with Crippen LogP contribution >= 0.6 is 0 Å². The van der Waals surface area contributed by atoms with Crippen LogP contribution in [-0.2, 0) is 0 Å². The molecule has 0 spiro atoms. The molecule has 0 bridgehead atoms. The van der Waals surface area contributed by atoms with Gasteiger partial charge in [0.25, 0.3) is 0 Å². The molecule has 0 heteroatoms. The van der Waals surface area contributed by atoms with Gasteiger partial charge in [0.15, 0.2) is 0 Å². The van der Waals surface area contributed by atoms with Crippen LogP contribution in [0.15, 0.2) is 54.6 Å². The van der Waals surface area contributed by atoms with Gasteiger partial charge in [-0.3, -0.25) is 0 Å². The van der Waals surface area contributed by atoms with Gasteiger partial charge < -0.3 is 0 Å². The lowest BCUT2D eigenvalue weighted by molar-refractivity contribution is 1.14. The van der Waals surface area contributed by atoms with E-state index in [9.17, 15) is 0 Å². The maximum absolute atomic E-state index is 2.25. The Labute approximate surface area is 94.9 Å². The van der Waals surface area contributed by atoms with Crippen LogP contribution in [0.2, 0.25) is 0 Å². The zero-order chi connectivity index (χ0) is 10.5. The van der Waals surface area contributed by atoms with E-state index in [2.05, 4.69) is 54.6 Å². The number of hydrogen-bond acceptors (Lipinski definition) is 0. The minimum absolute atomic E-state index is 1.07. The summed E-state index contributed by atoms with van der Waals surface area (Å²) in [6.45, 7) is 0. The van der Waals surface area contributed by atoms with Crippen LogP contribution in [0.5, 0.6) is 0 Å². The number of hydrogen-bond donors (Lipinski definition) is 0. The molecule has 2 aliphatic carbocycles. The van der Waals surface area contributed by atoms with Crippen molar-refractivity contribution in [2.75, 3.05) is 0 Å². The average Bonchev–Trinajstić information content (AvgIpc) is 2.68. The standard InChI is InChI=1S/C16H11/c1-2-8-13-12(7-1)14-9-3-5-11-6-4-10-15(13)16(11)14/h1-7,9-10H,8H2. The van der Waals surface area contributed by atoms with Gasteiger partial charge in [0.05, 0.1) is 0 Å². The summed E-state index contributed by atoms with van der Waals surface area (Å²) in [5.41, 5.74) is 4.27. The summed E-state index contributed by atoms with van der Waals surface area (Å²) < 4.78 is 0. The van der Waals surface area contributed by atoms with Crippen LogP contribution in [0.3, 0.4) is 0 Å². The second-order valence-corrected chi connectivity index (χ2v) is 4.40. The van der Waals surface area contributed by atoms with E-state index in [4.69, 9.17) is 0 Å². The molecular weight excluding hydrogens is 192 g/mol. The highest BCUT2D eigenvalue weighted by Crippen LogP contribution is 2.48. The van der Waals surface area contributed by atoms with Crippen molar-refractivity contribution < 1.29 is 0 Å². The molecule has 0 atom stereocenters. The maximum Gasteiger partial charge on any atom is 0.0390 e. The summed E-state index contributed by atoms with van der Waals surface area (Å²) in [7, 11) is 0. The maximum atomic E-state index is 2.25. The summed E-state index contributed by atoms with van der Waals surface area (Å²) in [4.78, 5) is 0. The Hall–Kier alpha value is -1.82.